The fraction of sp³-hybridized carbons (Fsp3) is 0.400. The van der Waals surface area contributed by atoms with Gasteiger partial charge >= 0.3 is 5.63 Å². The Labute approximate surface area is 168 Å². The second-order valence-electron chi connectivity index (χ2n) is 7.39. The van der Waals surface area contributed by atoms with Crippen LogP contribution in [0.3, 0.4) is 0 Å². The van der Waals surface area contributed by atoms with Gasteiger partial charge in [-0.15, -0.1) is 0 Å². The topological polar surface area (TPSA) is 123 Å². The summed E-state index contributed by atoms with van der Waals surface area (Å²) in [5.41, 5.74) is 1.32. The van der Waals surface area contributed by atoms with Crippen molar-refractivity contribution in [3.8, 4) is 5.75 Å². The minimum Gasteiger partial charge on any atom is -0.489 e. The van der Waals surface area contributed by atoms with E-state index in [9.17, 15) is 23.1 Å². The summed E-state index contributed by atoms with van der Waals surface area (Å²) in [5.74, 6) is -0.726. The van der Waals surface area contributed by atoms with E-state index < -0.39 is 33.5 Å². The highest BCUT2D eigenvalue weighted by Crippen LogP contribution is 2.24. The fourth-order valence-corrected chi connectivity index (χ4v) is 5.00. The van der Waals surface area contributed by atoms with Crippen LogP contribution in [0, 0.1) is 6.92 Å². The lowest BCUT2D eigenvalue weighted by Gasteiger charge is -2.15. The van der Waals surface area contributed by atoms with E-state index in [1.165, 1.54) is 0 Å². The number of hydrogen-bond donors (Lipinski definition) is 2. The molecule has 1 saturated heterocycles. The Kier molecular flexibility index (Phi) is 5.81. The quantitative estimate of drug-likeness (QED) is 0.524. The van der Waals surface area contributed by atoms with Gasteiger partial charge in [-0.25, -0.2) is 13.2 Å². The Hall–Kier alpha value is -2.65. The molecule has 9 heteroatoms. The lowest BCUT2D eigenvalue weighted by molar-refractivity contribution is -0.121. The Morgan fingerprint density at radius 2 is 2.10 bits per heavy atom. The van der Waals surface area contributed by atoms with Gasteiger partial charge in [0.15, 0.2) is 9.84 Å². The molecule has 2 N–H and O–H groups in total. The third-order valence-corrected chi connectivity index (χ3v) is 6.47. The smallest absolute Gasteiger partial charge is 0.340 e. The average Bonchev–Trinajstić information content (AvgIpc) is 2.88. The highest BCUT2D eigenvalue weighted by atomic mass is 32.2. The van der Waals surface area contributed by atoms with Gasteiger partial charge in [-0.3, -0.25) is 4.79 Å². The van der Waals surface area contributed by atoms with Crippen LogP contribution in [-0.2, 0) is 21.1 Å². The summed E-state index contributed by atoms with van der Waals surface area (Å²) in [6.07, 6.45) is -1.43. The van der Waals surface area contributed by atoms with Crippen LogP contribution >= 0.6 is 0 Å². The number of rotatable bonds is 6. The number of fused-ring (bicyclic) bond motifs is 1. The molecule has 156 valence electrons. The molecular formula is C20H23NO7S. The maximum absolute atomic E-state index is 12.4. The molecule has 3 rings (SSSR count). The zero-order chi connectivity index (χ0) is 21.3. The van der Waals surface area contributed by atoms with Crippen molar-refractivity contribution in [2.45, 2.75) is 32.4 Å². The minimum atomic E-state index is -3.38. The van der Waals surface area contributed by atoms with Crippen molar-refractivity contribution in [2.24, 2.45) is 0 Å². The van der Waals surface area contributed by atoms with E-state index in [0.717, 1.165) is 5.57 Å². The number of carbonyl (C=O) groups is 1. The van der Waals surface area contributed by atoms with E-state index >= 15 is 0 Å². The number of benzene rings is 1. The Morgan fingerprint density at radius 1 is 1.38 bits per heavy atom. The van der Waals surface area contributed by atoms with Crippen molar-refractivity contribution < 1.29 is 27.5 Å². The number of carbonyl (C=O) groups excluding carboxylic acids is 1. The molecule has 1 aliphatic heterocycles. The van der Waals surface area contributed by atoms with Gasteiger partial charge in [0.25, 0.3) is 0 Å². The predicted molar refractivity (Wildman–Crippen MR) is 108 cm³/mol. The van der Waals surface area contributed by atoms with Gasteiger partial charge in [0.05, 0.1) is 35.6 Å². The second kappa shape index (κ2) is 8.00. The van der Waals surface area contributed by atoms with Gasteiger partial charge < -0.3 is 19.6 Å². The Morgan fingerprint density at radius 3 is 2.72 bits per heavy atom. The first kappa shape index (κ1) is 21.1. The van der Waals surface area contributed by atoms with Gasteiger partial charge in [0.1, 0.15) is 17.9 Å². The van der Waals surface area contributed by atoms with E-state index in [2.05, 4.69) is 11.9 Å². The molecule has 2 atom stereocenters. The molecule has 0 bridgehead atoms. The van der Waals surface area contributed by atoms with Crippen LogP contribution in [0.25, 0.3) is 11.0 Å². The highest BCUT2D eigenvalue weighted by Gasteiger charge is 2.37. The predicted octanol–water partition coefficient (Wildman–Crippen LogP) is 0.873. The number of aryl methyl sites for hydroxylation is 1. The van der Waals surface area contributed by atoms with Crippen LogP contribution in [0.15, 0.2) is 39.6 Å². The van der Waals surface area contributed by atoms with Gasteiger partial charge in [-0.2, -0.15) is 0 Å². The molecule has 1 fully saturated rings. The zero-order valence-electron chi connectivity index (χ0n) is 16.2. The SMILES string of the molecule is C=C(C)COc1ccc2c(C)c(CC(=O)N[C@@H]3CS(=O)(=O)C[C@@H]3O)c(=O)oc2c1. The maximum Gasteiger partial charge on any atom is 0.340 e. The molecule has 0 aliphatic carbocycles. The molecule has 8 nitrogen and oxygen atoms in total. The largest absolute Gasteiger partial charge is 0.489 e. The van der Waals surface area contributed by atoms with Gasteiger partial charge in [-0.1, -0.05) is 6.58 Å². The van der Waals surface area contributed by atoms with Crippen LogP contribution in [0.1, 0.15) is 18.1 Å². The number of aliphatic hydroxyl groups excluding tert-OH is 1. The summed E-state index contributed by atoms with van der Waals surface area (Å²) in [4.78, 5) is 24.8. The van der Waals surface area contributed by atoms with Gasteiger partial charge in [-0.05, 0) is 37.1 Å². The molecule has 0 saturated carbocycles. The minimum absolute atomic E-state index is 0.181. The van der Waals surface area contributed by atoms with E-state index in [0.29, 0.717) is 28.9 Å². The van der Waals surface area contributed by atoms with Gasteiger partial charge in [0, 0.05) is 11.5 Å². The molecule has 1 aromatic heterocycles. The normalized spacial score (nSPS) is 20.5. The molecule has 1 amide bonds. The fourth-order valence-electron chi connectivity index (χ4n) is 3.26. The van der Waals surface area contributed by atoms with Crippen molar-refractivity contribution in [3.05, 3.63) is 51.9 Å². The lowest BCUT2D eigenvalue weighted by Crippen LogP contribution is -2.43. The van der Waals surface area contributed by atoms with E-state index in [1.54, 1.807) is 25.1 Å². The number of hydrogen-bond acceptors (Lipinski definition) is 7. The molecule has 0 radical (unpaired) electrons. The third-order valence-electron chi connectivity index (χ3n) is 4.75. The van der Waals surface area contributed by atoms with Gasteiger partial charge in [0.2, 0.25) is 5.91 Å². The van der Waals surface area contributed by atoms with Crippen molar-refractivity contribution in [1.82, 2.24) is 5.32 Å². The lowest BCUT2D eigenvalue weighted by atomic mass is 10.0. The van der Waals surface area contributed by atoms with E-state index in [-0.39, 0.29) is 23.5 Å². The number of ether oxygens (including phenoxy) is 1. The van der Waals surface area contributed by atoms with Crippen LogP contribution < -0.4 is 15.7 Å². The maximum atomic E-state index is 12.4. The van der Waals surface area contributed by atoms with Crippen molar-refractivity contribution in [3.63, 3.8) is 0 Å². The van der Waals surface area contributed by atoms with E-state index in [4.69, 9.17) is 9.15 Å². The molecule has 0 unspecified atom stereocenters. The third kappa shape index (κ3) is 4.86. The first-order chi connectivity index (χ1) is 13.6. The monoisotopic (exact) mass is 421 g/mol. The van der Waals surface area contributed by atoms with Crippen molar-refractivity contribution in [1.29, 1.82) is 0 Å². The molecule has 2 aromatic rings. The number of nitrogens with one attached hydrogen (secondary N) is 1. The summed E-state index contributed by atoms with van der Waals surface area (Å²) >= 11 is 0. The summed E-state index contributed by atoms with van der Waals surface area (Å²) in [6, 6.07) is 4.21. The average molecular weight is 421 g/mol. The number of sulfone groups is 1. The second-order valence-corrected chi connectivity index (χ2v) is 9.55. The number of amides is 1. The van der Waals surface area contributed by atoms with E-state index in [1.807, 2.05) is 6.92 Å². The van der Waals surface area contributed by atoms with Crippen LogP contribution in [0.5, 0.6) is 5.75 Å². The zero-order valence-corrected chi connectivity index (χ0v) is 17.0. The van der Waals surface area contributed by atoms with Crippen LogP contribution in [-0.4, -0.2) is 49.7 Å². The molecular weight excluding hydrogens is 398 g/mol. The van der Waals surface area contributed by atoms with Crippen LogP contribution in [0.2, 0.25) is 0 Å². The standard InChI is InChI=1S/C20H23NO7S/c1-11(2)8-27-13-4-5-14-12(3)15(20(24)28-18(14)6-13)7-19(23)21-16-9-29(25,26)10-17(16)22/h4-6,16-17,22H,1,7-10H2,2-3H3,(H,21,23)/t16-,17+/m1/s1. The summed E-state index contributed by atoms with van der Waals surface area (Å²) in [5, 5.41) is 13.0. The van der Waals surface area contributed by atoms with Crippen molar-refractivity contribution in [2.75, 3.05) is 18.1 Å². The molecule has 1 aliphatic rings. The molecule has 29 heavy (non-hydrogen) atoms. The molecule has 1 aromatic carbocycles. The summed E-state index contributed by atoms with van der Waals surface area (Å²) in [6.45, 7) is 7.66. The highest BCUT2D eigenvalue weighted by molar-refractivity contribution is 7.91. The first-order valence-corrected chi connectivity index (χ1v) is 10.9. The number of aliphatic hydroxyl groups is 1. The van der Waals surface area contributed by atoms with Crippen molar-refractivity contribution >= 4 is 26.7 Å². The molecule has 2 heterocycles. The molecule has 0 spiro atoms. The summed E-state index contributed by atoms with van der Waals surface area (Å²) in [7, 11) is -3.38. The Bertz CT molecular complexity index is 1130. The Balaban J connectivity index is 1.80. The van der Waals surface area contributed by atoms with Crippen LogP contribution in [0.4, 0.5) is 0 Å². The first-order valence-electron chi connectivity index (χ1n) is 9.07. The summed E-state index contributed by atoms with van der Waals surface area (Å²) < 4.78 is 34.0.